The van der Waals surface area contributed by atoms with Crippen molar-refractivity contribution in [3.63, 3.8) is 0 Å². The van der Waals surface area contributed by atoms with E-state index >= 15 is 0 Å². The molecule has 0 radical (unpaired) electrons. The van der Waals surface area contributed by atoms with Crippen LogP contribution in [0.25, 0.3) is 0 Å². The molecule has 0 aliphatic rings. The van der Waals surface area contributed by atoms with E-state index in [1.54, 1.807) is 48.5 Å². The molecule has 0 saturated heterocycles. The molecule has 0 N–H and O–H groups in total. The Kier molecular flexibility index (Phi) is 8.28. The van der Waals surface area contributed by atoms with Gasteiger partial charge >= 0.3 is 18.2 Å². The lowest BCUT2D eigenvalue weighted by atomic mass is 10.1. The summed E-state index contributed by atoms with van der Waals surface area (Å²) >= 11 is 0. The summed E-state index contributed by atoms with van der Waals surface area (Å²) in [6.07, 6.45) is -2.01. The lowest BCUT2D eigenvalue weighted by Gasteiger charge is -2.29. The van der Waals surface area contributed by atoms with Crippen LogP contribution in [0.2, 0.25) is 0 Å². The van der Waals surface area contributed by atoms with Gasteiger partial charge in [0.1, 0.15) is 29.1 Å². The van der Waals surface area contributed by atoms with E-state index in [1.165, 1.54) is 25.3 Å². The van der Waals surface area contributed by atoms with Crippen LogP contribution in [0.4, 0.5) is 15.3 Å². The molecule has 30 heavy (non-hydrogen) atoms. The van der Waals surface area contributed by atoms with Crippen molar-refractivity contribution in [3.05, 3.63) is 23.8 Å². The molecule has 1 aromatic carbocycles. The maximum atomic E-state index is 12.9. The Morgan fingerprint density at radius 1 is 0.967 bits per heavy atom. The van der Waals surface area contributed by atoms with Gasteiger partial charge in [0.15, 0.2) is 0 Å². The first-order valence-electron chi connectivity index (χ1n) is 9.30. The molecule has 8 nitrogen and oxygen atoms in total. The standard InChI is InChI=1S/C22H29NO7/c1-9-10-14-28-16-13-11-12-15(17(16)18(24)27-8)23(19(25)29-21(2,3)4)20(26)30-22(5,6)7/h11-13H,14H2,1-8H3. The van der Waals surface area contributed by atoms with Crippen LogP contribution in [-0.2, 0) is 14.2 Å². The van der Waals surface area contributed by atoms with Gasteiger partial charge in [0, 0.05) is 0 Å². The first kappa shape index (κ1) is 24.8. The largest absolute Gasteiger partial charge is 0.480 e. The van der Waals surface area contributed by atoms with Crippen LogP contribution in [0.3, 0.4) is 0 Å². The highest BCUT2D eigenvalue weighted by Crippen LogP contribution is 2.32. The molecule has 0 aromatic heterocycles. The lowest BCUT2D eigenvalue weighted by molar-refractivity contribution is 0.0430. The molecule has 0 spiro atoms. The van der Waals surface area contributed by atoms with Gasteiger partial charge < -0.3 is 18.9 Å². The van der Waals surface area contributed by atoms with E-state index in [1.807, 2.05) is 0 Å². The molecule has 0 fully saturated rings. The third-order valence-corrected chi connectivity index (χ3v) is 3.26. The van der Waals surface area contributed by atoms with Gasteiger partial charge in [0.25, 0.3) is 0 Å². The minimum atomic E-state index is -1.01. The molecule has 0 aliphatic heterocycles. The summed E-state index contributed by atoms with van der Waals surface area (Å²) in [4.78, 5) is 39.0. The van der Waals surface area contributed by atoms with Crippen molar-refractivity contribution in [3.8, 4) is 17.6 Å². The maximum Gasteiger partial charge on any atom is 0.424 e. The third kappa shape index (κ3) is 7.32. The van der Waals surface area contributed by atoms with Crippen molar-refractivity contribution in [1.29, 1.82) is 0 Å². The second-order valence-corrected chi connectivity index (χ2v) is 8.15. The number of nitrogens with zero attached hydrogens (tertiary/aromatic N) is 1. The van der Waals surface area contributed by atoms with Crippen LogP contribution in [0.15, 0.2) is 18.2 Å². The molecular weight excluding hydrogens is 390 g/mol. The van der Waals surface area contributed by atoms with Crippen LogP contribution in [0, 0.1) is 11.8 Å². The second-order valence-electron chi connectivity index (χ2n) is 8.15. The van der Waals surface area contributed by atoms with Crippen LogP contribution in [0.5, 0.6) is 5.75 Å². The summed E-state index contributed by atoms with van der Waals surface area (Å²) in [5, 5.41) is 0. The Balaban J connectivity index is 3.61. The fraction of sp³-hybridized carbons (Fsp3) is 0.500. The van der Waals surface area contributed by atoms with Crippen molar-refractivity contribution in [1.82, 2.24) is 0 Å². The number of methoxy groups -OCH3 is 1. The zero-order valence-corrected chi connectivity index (χ0v) is 18.7. The van der Waals surface area contributed by atoms with E-state index < -0.39 is 29.4 Å². The minimum Gasteiger partial charge on any atom is -0.480 e. The Labute approximate surface area is 177 Å². The molecule has 1 aromatic rings. The van der Waals surface area contributed by atoms with E-state index in [0.29, 0.717) is 4.90 Å². The van der Waals surface area contributed by atoms with Gasteiger partial charge in [-0.2, -0.15) is 4.90 Å². The number of amides is 2. The number of imide groups is 1. The van der Waals surface area contributed by atoms with E-state index in [9.17, 15) is 14.4 Å². The maximum absolute atomic E-state index is 12.9. The van der Waals surface area contributed by atoms with Crippen molar-refractivity contribution in [2.45, 2.75) is 59.7 Å². The highest BCUT2D eigenvalue weighted by molar-refractivity contribution is 6.14. The number of benzene rings is 1. The summed E-state index contributed by atoms with van der Waals surface area (Å²) in [5.41, 5.74) is -2.01. The predicted molar refractivity (Wildman–Crippen MR) is 112 cm³/mol. The van der Waals surface area contributed by atoms with Gasteiger partial charge in [-0.15, -0.1) is 5.92 Å². The van der Waals surface area contributed by atoms with Gasteiger partial charge in [0.2, 0.25) is 0 Å². The monoisotopic (exact) mass is 419 g/mol. The van der Waals surface area contributed by atoms with Crippen molar-refractivity contribution in [2.75, 3.05) is 18.6 Å². The summed E-state index contributed by atoms with van der Waals surface area (Å²) in [5.74, 6) is 4.69. The van der Waals surface area contributed by atoms with E-state index in [0.717, 1.165) is 0 Å². The normalized spacial score (nSPS) is 10.9. The second kappa shape index (κ2) is 10.0. The smallest absolute Gasteiger partial charge is 0.424 e. The number of ether oxygens (including phenoxy) is 4. The van der Waals surface area contributed by atoms with E-state index in [2.05, 4.69) is 11.8 Å². The Bertz CT molecular complexity index is 823. The summed E-state index contributed by atoms with van der Waals surface area (Å²) in [7, 11) is 1.18. The van der Waals surface area contributed by atoms with Gasteiger partial charge in [-0.05, 0) is 60.6 Å². The number of hydrogen-bond acceptors (Lipinski definition) is 7. The molecule has 0 unspecified atom stereocenters. The van der Waals surface area contributed by atoms with Gasteiger partial charge in [0.05, 0.1) is 12.8 Å². The van der Waals surface area contributed by atoms with Gasteiger partial charge in [-0.1, -0.05) is 12.0 Å². The molecule has 1 rings (SSSR count). The SMILES string of the molecule is CC#CCOc1cccc(N(C(=O)OC(C)(C)C)C(=O)OC(C)(C)C)c1C(=O)OC. The van der Waals surface area contributed by atoms with E-state index in [4.69, 9.17) is 18.9 Å². The van der Waals surface area contributed by atoms with Gasteiger partial charge in [-0.3, -0.25) is 0 Å². The van der Waals surface area contributed by atoms with Crippen molar-refractivity contribution in [2.24, 2.45) is 0 Å². The predicted octanol–water partition coefficient (Wildman–Crippen LogP) is 4.55. The highest BCUT2D eigenvalue weighted by atomic mass is 16.6. The topological polar surface area (TPSA) is 91.4 Å². The highest BCUT2D eigenvalue weighted by Gasteiger charge is 2.36. The average Bonchev–Trinajstić information content (AvgIpc) is 2.58. The van der Waals surface area contributed by atoms with Crippen LogP contribution in [0.1, 0.15) is 58.8 Å². The van der Waals surface area contributed by atoms with Crippen molar-refractivity contribution < 1.29 is 33.3 Å². The fourth-order valence-corrected chi connectivity index (χ4v) is 2.21. The average molecular weight is 419 g/mol. The fourth-order valence-electron chi connectivity index (χ4n) is 2.21. The summed E-state index contributed by atoms with van der Waals surface area (Å²) in [6, 6.07) is 4.44. The molecule has 0 heterocycles. The molecule has 164 valence electrons. The summed E-state index contributed by atoms with van der Waals surface area (Å²) < 4.78 is 21.1. The molecular formula is C22H29NO7. The number of hydrogen-bond donors (Lipinski definition) is 0. The molecule has 0 aliphatic carbocycles. The number of rotatable bonds is 4. The number of carbonyl (C=O) groups is 3. The minimum absolute atomic E-state index is 0.00280. The van der Waals surface area contributed by atoms with Crippen LogP contribution >= 0.6 is 0 Å². The number of esters is 1. The Morgan fingerprint density at radius 3 is 1.93 bits per heavy atom. The first-order chi connectivity index (χ1) is 13.8. The molecule has 0 bridgehead atoms. The zero-order chi connectivity index (χ0) is 23.1. The quantitative estimate of drug-likeness (QED) is 0.401. The molecule has 8 heteroatoms. The molecule has 0 atom stereocenters. The van der Waals surface area contributed by atoms with Crippen LogP contribution in [-0.4, -0.2) is 43.1 Å². The number of carbonyl (C=O) groups excluding carboxylic acids is 3. The number of anilines is 1. The van der Waals surface area contributed by atoms with Crippen molar-refractivity contribution >= 4 is 23.8 Å². The van der Waals surface area contributed by atoms with Crippen LogP contribution < -0.4 is 9.64 Å². The third-order valence-electron chi connectivity index (χ3n) is 3.26. The van der Waals surface area contributed by atoms with Gasteiger partial charge in [-0.25, -0.2) is 14.4 Å². The molecule has 0 saturated carbocycles. The first-order valence-corrected chi connectivity index (χ1v) is 9.30. The Morgan fingerprint density at radius 2 is 1.50 bits per heavy atom. The Hall–Kier alpha value is -3.21. The lowest BCUT2D eigenvalue weighted by Crippen LogP contribution is -2.44. The van der Waals surface area contributed by atoms with E-state index in [-0.39, 0.29) is 23.6 Å². The molecule has 2 amide bonds. The zero-order valence-electron chi connectivity index (χ0n) is 18.7. The summed E-state index contributed by atoms with van der Waals surface area (Å²) in [6.45, 7) is 11.6.